The van der Waals surface area contributed by atoms with Crippen LogP contribution in [0.25, 0.3) is 0 Å². The number of rotatable bonds is 14. The number of hydrogen-bond acceptors (Lipinski definition) is 1. The van der Waals surface area contributed by atoms with Crippen LogP contribution < -0.4 is 5.73 Å². The first kappa shape index (κ1) is 18.4. The first-order valence-corrected chi connectivity index (χ1v) is 8.42. The van der Waals surface area contributed by atoms with Gasteiger partial charge >= 0.3 is 0 Å². The van der Waals surface area contributed by atoms with E-state index in [9.17, 15) is 0 Å². The van der Waals surface area contributed by atoms with Crippen molar-refractivity contribution in [2.24, 2.45) is 5.73 Å². The Hall–Kier alpha value is -0.560. The first-order chi connectivity index (χ1) is 9.41. The molecule has 112 valence electrons. The summed E-state index contributed by atoms with van der Waals surface area (Å²) in [5, 5.41) is 0. The van der Waals surface area contributed by atoms with Gasteiger partial charge in [-0.15, -0.1) is 0 Å². The number of unbranched alkanes of at least 4 members (excludes halogenated alkanes) is 9. The molecule has 0 aromatic rings. The van der Waals surface area contributed by atoms with Crippen molar-refractivity contribution in [3.8, 4) is 0 Å². The molecule has 19 heavy (non-hydrogen) atoms. The molecule has 0 aliphatic rings. The zero-order chi connectivity index (χ0) is 14.0. The van der Waals surface area contributed by atoms with Gasteiger partial charge in [0.05, 0.1) is 0 Å². The Morgan fingerprint density at radius 1 is 0.632 bits per heavy atom. The summed E-state index contributed by atoms with van der Waals surface area (Å²) in [6.45, 7) is 3.11. The molecular formula is C18H35N. The molecule has 0 aliphatic carbocycles. The van der Waals surface area contributed by atoms with Gasteiger partial charge in [-0.1, -0.05) is 69.8 Å². The molecule has 1 nitrogen and oxygen atoms in total. The molecule has 0 radical (unpaired) electrons. The van der Waals surface area contributed by atoms with Crippen LogP contribution in [-0.2, 0) is 0 Å². The highest BCUT2D eigenvalue weighted by Gasteiger charge is 1.89. The zero-order valence-electron chi connectivity index (χ0n) is 13.1. The van der Waals surface area contributed by atoms with E-state index in [1.54, 1.807) is 0 Å². The molecule has 0 bridgehead atoms. The third-order valence-corrected chi connectivity index (χ3v) is 3.40. The van der Waals surface area contributed by atoms with E-state index in [1.807, 2.05) is 0 Å². The highest BCUT2D eigenvalue weighted by atomic mass is 14.5. The third-order valence-electron chi connectivity index (χ3n) is 3.40. The van der Waals surface area contributed by atoms with Crippen molar-refractivity contribution < 1.29 is 0 Å². The van der Waals surface area contributed by atoms with Crippen LogP contribution in [0.3, 0.4) is 0 Å². The van der Waals surface area contributed by atoms with Gasteiger partial charge in [-0.05, 0) is 45.1 Å². The Balaban J connectivity index is 3.12. The molecule has 2 N–H and O–H groups in total. The van der Waals surface area contributed by atoms with Gasteiger partial charge in [0.2, 0.25) is 0 Å². The molecule has 0 aliphatic heterocycles. The summed E-state index contributed by atoms with van der Waals surface area (Å²) in [6.07, 6.45) is 24.9. The van der Waals surface area contributed by atoms with Crippen LogP contribution in [0.1, 0.15) is 84.0 Å². The normalized spacial score (nSPS) is 11.9. The molecule has 0 aromatic heterocycles. The topological polar surface area (TPSA) is 26.0 Å². The van der Waals surface area contributed by atoms with Gasteiger partial charge < -0.3 is 5.73 Å². The molecule has 0 amide bonds. The van der Waals surface area contributed by atoms with E-state index in [1.165, 1.54) is 70.6 Å². The molecule has 0 rings (SSSR count). The summed E-state index contributed by atoms with van der Waals surface area (Å²) in [7, 11) is 0. The molecule has 0 saturated heterocycles. The minimum Gasteiger partial charge on any atom is -0.330 e. The van der Waals surface area contributed by atoms with Gasteiger partial charge in [0.25, 0.3) is 0 Å². The molecule has 0 fully saturated rings. The maximum atomic E-state index is 5.47. The van der Waals surface area contributed by atoms with Crippen LogP contribution in [0.5, 0.6) is 0 Å². The lowest BCUT2D eigenvalue weighted by molar-refractivity contribution is 0.600. The van der Waals surface area contributed by atoms with Crippen LogP contribution >= 0.6 is 0 Å². The van der Waals surface area contributed by atoms with Gasteiger partial charge in [-0.2, -0.15) is 0 Å². The summed E-state index contributed by atoms with van der Waals surface area (Å²) in [5.74, 6) is 0. The lowest BCUT2D eigenvalue weighted by Crippen LogP contribution is -1.97. The Kier molecular flexibility index (Phi) is 16.9. The van der Waals surface area contributed by atoms with Gasteiger partial charge in [0.1, 0.15) is 0 Å². The maximum Gasteiger partial charge on any atom is -0.00773 e. The van der Waals surface area contributed by atoms with Crippen LogP contribution in [0.2, 0.25) is 0 Å². The molecule has 0 heterocycles. The zero-order valence-corrected chi connectivity index (χ0v) is 13.1. The maximum absolute atomic E-state index is 5.47. The minimum atomic E-state index is 0.856. The molecular weight excluding hydrogens is 230 g/mol. The lowest BCUT2D eigenvalue weighted by atomic mass is 10.1. The van der Waals surface area contributed by atoms with E-state index in [2.05, 4.69) is 31.2 Å². The predicted molar refractivity (Wildman–Crippen MR) is 88.4 cm³/mol. The second kappa shape index (κ2) is 17.4. The average Bonchev–Trinajstić information content (AvgIpc) is 2.43. The van der Waals surface area contributed by atoms with E-state index in [0.29, 0.717) is 0 Å². The van der Waals surface area contributed by atoms with E-state index in [-0.39, 0.29) is 0 Å². The Morgan fingerprint density at radius 2 is 1.16 bits per heavy atom. The first-order valence-electron chi connectivity index (χ1n) is 8.42. The Labute approximate surface area is 121 Å². The second-order valence-electron chi connectivity index (χ2n) is 5.37. The summed E-state index contributed by atoms with van der Waals surface area (Å²) in [6, 6.07) is 0. The van der Waals surface area contributed by atoms with Crippen LogP contribution in [0, 0.1) is 0 Å². The highest BCUT2D eigenvalue weighted by molar-refractivity contribution is 4.92. The SMILES string of the molecule is CCCCCC=CCC=CCCCCCCCCN. The average molecular weight is 265 g/mol. The summed E-state index contributed by atoms with van der Waals surface area (Å²) < 4.78 is 0. The molecule has 0 atom stereocenters. The Bertz CT molecular complexity index is 206. The van der Waals surface area contributed by atoms with Gasteiger partial charge in [-0.3, -0.25) is 0 Å². The van der Waals surface area contributed by atoms with Crippen LogP contribution in [-0.4, -0.2) is 6.54 Å². The molecule has 0 saturated carbocycles. The van der Waals surface area contributed by atoms with Crippen molar-refractivity contribution in [3.05, 3.63) is 24.3 Å². The molecule has 1 heteroatoms. The van der Waals surface area contributed by atoms with Crippen LogP contribution in [0.4, 0.5) is 0 Å². The van der Waals surface area contributed by atoms with Crippen molar-refractivity contribution >= 4 is 0 Å². The van der Waals surface area contributed by atoms with Gasteiger partial charge in [-0.25, -0.2) is 0 Å². The fourth-order valence-electron chi connectivity index (χ4n) is 2.13. The quantitative estimate of drug-likeness (QED) is 0.314. The molecule has 0 spiro atoms. The van der Waals surface area contributed by atoms with Crippen molar-refractivity contribution in [1.29, 1.82) is 0 Å². The van der Waals surface area contributed by atoms with Crippen molar-refractivity contribution in [2.75, 3.05) is 6.54 Å². The van der Waals surface area contributed by atoms with Crippen molar-refractivity contribution in [1.82, 2.24) is 0 Å². The third kappa shape index (κ3) is 17.4. The van der Waals surface area contributed by atoms with E-state index in [0.717, 1.165) is 13.0 Å². The largest absolute Gasteiger partial charge is 0.330 e. The number of nitrogens with two attached hydrogens (primary N) is 1. The smallest absolute Gasteiger partial charge is 0.00773 e. The molecule has 0 aromatic carbocycles. The second-order valence-corrected chi connectivity index (χ2v) is 5.37. The van der Waals surface area contributed by atoms with E-state index >= 15 is 0 Å². The monoisotopic (exact) mass is 265 g/mol. The Morgan fingerprint density at radius 3 is 1.74 bits per heavy atom. The summed E-state index contributed by atoms with van der Waals surface area (Å²) in [5.41, 5.74) is 5.47. The summed E-state index contributed by atoms with van der Waals surface area (Å²) in [4.78, 5) is 0. The minimum absolute atomic E-state index is 0.856. The van der Waals surface area contributed by atoms with Crippen molar-refractivity contribution in [2.45, 2.75) is 84.0 Å². The lowest BCUT2D eigenvalue weighted by Gasteiger charge is -1.98. The number of hydrogen-bond donors (Lipinski definition) is 1. The van der Waals surface area contributed by atoms with E-state index in [4.69, 9.17) is 5.73 Å². The summed E-state index contributed by atoms with van der Waals surface area (Å²) >= 11 is 0. The predicted octanol–water partition coefficient (Wildman–Crippen LogP) is 5.76. The fraction of sp³-hybridized carbons (Fsp3) is 0.778. The number of allylic oxidation sites excluding steroid dienone is 4. The fourth-order valence-corrected chi connectivity index (χ4v) is 2.13. The standard InChI is InChI=1S/C18H35N/c1-2-3-4-5-6-7-8-9-10-11-12-13-14-15-16-17-18-19/h6-7,9-10H,2-5,8,11-19H2,1H3. The highest BCUT2D eigenvalue weighted by Crippen LogP contribution is 2.07. The van der Waals surface area contributed by atoms with E-state index < -0.39 is 0 Å². The van der Waals surface area contributed by atoms with Crippen LogP contribution in [0.15, 0.2) is 24.3 Å². The molecule has 0 unspecified atom stereocenters. The van der Waals surface area contributed by atoms with Gasteiger partial charge in [0, 0.05) is 0 Å². The van der Waals surface area contributed by atoms with Gasteiger partial charge in [0.15, 0.2) is 0 Å². The van der Waals surface area contributed by atoms with Crippen molar-refractivity contribution in [3.63, 3.8) is 0 Å².